The van der Waals surface area contributed by atoms with Crippen LogP contribution in [0.25, 0.3) is 0 Å². The van der Waals surface area contributed by atoms with E-state index in [-0.39, 0.29) is 6.42 Å². The minimum Gasteiger partial charge on any atom is -0.497 e. The Morgan fingerprint density at radius 3 is 2.53 bits per heavy atom. The van der Waals surface area contributed by atoms with Gasteiger partial charge in [0, 0.05) is 6.07 Å². The van der Waals surface area contributed by atoms with Gasteiger partial charge in [-0.2, -0.15) is 0 Å². The zero-order chi connectivity index (χ0) is 13.0. The van der Waals surface area contributed by atoms with Crippen LogP contribution in [0.4, 0.5) is 0 Å². The third kappa shape index (κ3) is 3.10. The zero-order valence-corrected chi connectivity index (χ0v) is 10.2. The number of carboxylic acids is 1. The van der Waals surface area contributed by atoms with Crippen LogP contribution in [0.1, 0.15) is 11.1 Å². The van der Waals surface area contributed by atoms with E-state index in [1.54, 1.807) is 26.4 Å². The molecule has 0 radical (unpaired) electrons. The van der Waals surface area contributed by atoms with E-state index in [0.717, 1.165) is 11.1 Å². The lowest BCUT2D eigenvalue weighted by molar-refractivity contribution is -0.138. The molecule has 94 valence electrons. The van der Waals surface area contributed by atoms with Crippen molar-refractivity contribution in [3.05, 3.63) is 23.3 Å². The summed E-state index contributed by atoms with van der Waals surface area (Å²) in [6.07, 6.45) is 0.245. The van der Waals surface area contributed by atoms with Gasteiger partial charge in [-0.05, 0) is 30.5 Å². The molecule has 1 aromatic carbocycles. The maximum Gasteiger partial charge on any atom is 0.320 e. The van der Waals surface area contributed by atoms with Crippen LogP contribution in [-0.4, -0.2) is 31.3 Å². The minimum absolute atomic E-state index is 0.245. The summed E-state index contributed by atoms with van der Waals surface area (Å²) in [7, 11) is 3.10. The van der Waals surface area contributed by atoms with Gasteiger partial charge < -0.3 is 20.3 Å². The van der Waals surface area contributed by atoms with Crippen LogP contribution in [-0.2, 0) is 11.2 Å². The van der Waals surface area contributed by atoms with Crippen molar-refractivity contribution >= 4 is 5.97 Å². The van der Waals surface area contributed by atoms with Crippen molar-refractivity contribution in [2.24, 2.45) is 5.73 Å². The number of hydrogen-bond acceptors (Lipinski definition) is 4. The summed E-state index contributed by atoms with van der Waals surface area (Å²) in [5, 5.41) is 8.80. The monoisotopic (exact) mass is 239 g/mol. The van der Waals surface area contributed by atoms with Gasteiger partial charge in [-0.25, -0.2) is 0 Å². The molecule has 0 aliphatic carbocycles. The predicted molar refractivity (Wildman–Crippen MR) is 63.6 cm³/mol. The molecule has 0 heterocycles. The maximum absolute atomic E-state index is 10.7. The van der Waals surface area contributed by atoms with Crippen LogP contribution in [0, 0.1) is 6.92 Å². The molecular formula is C12H17NO4. The molecule has 5 heteroatoms. The van der Waals surface area contributed by atoms with Gasteiger partial charge in [0.2, 0.25) is 0 Å². The highest BCUT2D eigenvalue weighted by Gasteiger charge is 2.16. The van der Waals surface area contributed by atoms with Crippen molar-refractivity contribution in [3.63, 3.8) is 0 Å². The van der Waals surface area contributed by atoms with E-state index < -0.39 is 12.0 Å². The van der Waals surface area contributed by atoms with E-state index in [4.69, 9.17) is 20.3 Å². The Morgan fingerprint density at radius 1 is 1.41 bits per heavy atom. The van der Waals surface area contributed by atoms with Crippen molar-refractivity contribution < 1.29 is 19.4 Å². The molecule has 3 N–H and O–H groups in total. The number of carbonyl (C=O) groups is 1. The topological polar surface area (TPSA) is 81.8 Å². The van der Waals surface area contributed by atoms with E-state index in [2.05, 4.69) is 0 Å². The van der Waals surface area contributed by atoms with E-state index in [9.17, 15) is 4.79 Å². The second kappa shape index (κ2) is 5.54. The molecule has 0 saturated carbocycles. The first-order valence-corrected chi connectivity index (χ1v) is 5.19. The fourth-order valence-electron chi connectivity index (χ4n) is 1.58. The van der Waals surface area contributed by atoms with Gasteiger partial charge in [0.25, 0.3) is 0 Å². The number of aliphatic carboxylic acids is 1. The van der Waals surface area contributed by atoms with Gasteiger partial charge in [0.15, 0.2) is 0 Å². The first kappa shape index (κ1) is 13.3. The summed E-state index contributed by atoms with van der Waals surface area (Å²) in [6.45, 7) is 1.86. The van der Waals surface area contributed by atoms with Crippen molar-refractivity contribution in [2.75, 3.05) is 14.2 Å². The summed E-state index contributed by atoms with van der Waals surface area (Å²) >= 11 is 0. The summed E-state index contributed by atoms with van der Waals surface area (Å²) in [5.74, 6) is 0.267. The number of benzene rings is 1. The Morgan fingerprint density at radius 2 is 2.06 bits per heavy atom. The summed E-state index contributed by atoms with van der Waals surface area (Å²) in [4.78, 5) is 10.7. The molecule has 0 fully saturated rings. The van der Waals surface area contributed by atoms with Crippen LogP contribution in [0.2, 0.25) is 0 Å². The normalized spacial score (nSPS) is 12.0. The lowest BCUT2D eigenvalue weighted by Crippen LogP contribution is -2.32. The summed E-state index contributed by atoms with van der Waals surface area (Å²) in [6, 6.07) is 2.61. The standard InChI is InChI=1S/C12H17NO4/c1-7-8(5-10(13)12(14)15)4-9(16-2)6-11(7)17-3/h4,6,10H,5,13H2,1-3H3,(H,14,15). The Balaban J connectivity index is 3.09. The minimum atomic E-state index is -1.02. The van der Waals surface area contributed by atoms with Gasteiger partial charge in [-0.1, -0.05) is 0 Å². The second-order valence-corrected chi connectivity index (χ2v) is 3.76. The van der Waals surface area contributed by atoms with E-state index in [1.807, 2.05) is 6.92 Å². The average Bonchev–Trinajstić information content (AvgIpc) is 2.31. The summed E-state index contributed by atoms with van der Waals surface area (Å²) in [5.41, 5.74) is 7.21. The van der Waals surface area contributed by atoms with E-state index in [0.29, 0.717) is 11.5 Å². The highest BCUT2D eigenvalue weighted by Crippen LogP contribution is 2.28. The fraction of sp³-hybridized carbons (Fsp3) is 0.417. The van der Waals surface area contributed by atoms with Crippen molar-refractivity contribution in [1.29, 1.82) is 0 Å². The first-order valence-electron chi connectivity index (χ1n) is 5.19. The third-order valence-electron chi connectivity index (χ3n) is 2.65. The number of hydrogen-bond donors (Lipinski definition) is 2. The number of methoxy groups -OCH3 is 2. The van der Waals surface area contributed by atoms with Crippen LogP contribution >= 0.6 is 0 Å². The molecule has 1 unspecified atom stereocenters. The number of ether oxygens (including phenoxy) is 2. The predicted octanol–water partition coefficient (Wildman–Crippen LogP) is 0.967. The number of nitrogens with two attached hydrogens (primary N) is 1. The molecule has 1 aromatic rings. The number of rotatable bonds is 5. The SMILES string of the molecule is COc1cc(CC(N)C(=O)O)c(C)c(OC)c1. The van der Waals surface area contributed by atoms with E-state index in [1.165, 1.54) is 0 Å². The van der Waals surface area contributed by atoms with Crippen LogP contribution in [0.15, 0.2) is 12.1 Å². The molecule has 0 spiro atoms. The number of carboxylic acid groups (broad SMARTS) is 1. The molecule has 1 rings (SSSR count). The van der Waals surface area contributed by atoms with Gasteiger partial charge in [0.1, 0.15) is 17.5 Å². The van der Waals surface area contributed by atoms with Gasteiger partial charge in [-0.15, -0.1) is 0 Å². The van der Waals surface area contributed by atoms with Crippen LogP contribution in [0.5, 0.6) is 11.5 Å². The zero-order valence-electron chi connectivity index (χ0n) is 10.2. The molecule has 0 bridgehead atoms. The average molecular weight is 239 g/mol. The second-order valence-electron chi connectivity index (χ2n) is 3.76. The van der Waals surface area contributed by atoms with Crippen LogP contribution in [0.3, 0.4) is 0 Å². The summed E-state index contributed by atoms with van der Waals surface area (Å²) < 4.78 is 10.3. The molecule has 1 atom stereocenters. The smallest absolute Gasteiger partial charge is 0.320 e. The highest BCUT2D eigenvalue weighted by atomic mass is 16.5. The Bertz CT molecular complexity index is 417. The van der Waals surface area contributed by atoms with Gasteiger partial charge in [-0.3, -0.25) is 4.79 Å². The van der Waals surface area contributed by atoms with Crippen molar-refractivity contribution in [1.82, 2.24) is 0 Å². The Labute approximate surface area is 100 Å². The molecule has 0 saturated heterocycles. The molecule has 5 nitrogen and oxygen atoms in total. The van der Waals surface area contributed by atoms with Crippen molar-refractivity contribution in [3.8, 4) is 11.5 Å². The lowest BCUT2D eigenvalue weighted by Gasteiger charge is -2.14. The largest absolute Gasteiger partial charge is 0.497 e. The molecular weight excluding hydrogens is 222 g/mol. The third-order valence-corrected chi connectivity index (χ3v) is 2.65. The first-order chi connectivity index (χ1) is 7.99. The van der Waals surface area contributed by atoms with Gasteiger partial charge in [0.05, 0.1) is 14.2 Å². The highest BCUT2D eigenvalue weighted by molar-refractivity contribution is 5.73. The maximum atomic E-state index is 10.7. The molecule has 17 heavy (non-hydrogen) atoms. The quantitative estimate of drug-likeness (QED) is 0.800. The molecule has 0 aliphatic heterocycles. The Hall–Kier alpha value is -1.75. The van der Waals surface area contributed by atoms with Crippen LogP contribution < -0.4 is 15.2 Å². The van der Waals surface area contributed by atoms with E-state index >= 15 is 0 Å². The molecule has 0 amide bonds. The molecule has 0 aliphatic rings. The van der Waals surface area contributed by atoms with Crippen molar-refractivity contribution in [2.45, 2.75) is 19.4 Å². The Kier molecular flexibility index (Phi) is 4.34. The molecule has 0 aromatic heterocycles. The lowest BCUT2D eigenvalue weighted by atomic mass is 10.0. The fourth-order valence-corrected chi connectivity index (χ4v) is 1.58. The van der Waals surface area contributed by atoms with Gasteiger partial charge >= 0.3 is 5.97 Å².